The molecule has 0 aromatic heterocycles. The highest BCUT2D eigenvalue weighted by Crippen LogP contribution is 2.18. The number of hydrogen-bond donors (Lipinski definition) is 0. The van der Waals surface area contributed by atoms with Gasteiger partial charge in [0.1, 0.15) is 5.75 Å². The van der Waals surface area contributed by atoms with Gasteiger partial charge in [0.25, 0.3) is 0 Å². The predicted molar refractivity (Wildman–Crippen MR) is 77.8 cm³/mol. The molecule has 1 rings (SSSR count). The number of rotatable bonds is 8. The molecule has 0 saturated carbocycles. The summed E-state index contributed by atoms with van der Waals surface area (Å²) in [5.41, 5.74) is 0.664. The number of Topliss-reactive ketones (excluding diaryl/α,β-unsaturated/α-hetero) is 1. The monoisotopic (exact) mass is 267 g/mol. The van der Waals surface area contributed by atoms with Crippen LogP contribution in [0.2, 0.25) is 0 Å². The Morgan fingerprint density at radius 3 is 2.78 bits per heavy atom. The first-order valence-corrected chi connectivity index (χ1v) is 7.42. The molecule has 100 valence electrons. The molecule has 0 heterocycles. The fourth-order valence-corrected chi connectivity index (χ4v) is 2.18. The molecular weight excluding hydrogens is 246 g/mol. The molecule has 4 heteroatoms. The zero-order valence-corrected chi connectivity index (χ0v) is 12.1. The lowest BCUT2D eigenvalue weighted by Gasteiger charge is -2.16. The van der Waals surface area contributed by atoms with Gasteiger partial charge >= 0.3 is 0 Å². The number of carbonyl (C=O) groups excluding carboxylic acids is 1. The number of nitrogens with zero attached hydrogens (tertiary/aromatic N) is 1. The van der Waals surface area contributed by atoms with Crippen molar-refractivity contribution in [2.75, 3.05) is 39.3 Å². The molecule has 0 spiro atoms. The number of methoxy groups -OCH3 is 1. The summed E-state index contributed by atoms with van der Waals surface area (Å²) in [5, 5.41) is 0. The van der Waals surface area contributed by atoms with E-state index in [2.05, 4.69) is 11.2 Å². The molecule has 0 amide bonds. The van der Waals surface area contributed by atoms with Crippen molar-refractivity contribution < 1.29 is 9.53 Å². The van der Waals surface area contributed by atoms with Gasteiger partial charge in [-0.05, 0) is 44.2 Å². The van der Waals surface area contributed by atoms with Crippen LogP contribution in [-0.2, 0) is 0 Å². The molecule has 1 aromatic carbocycles. The Balaban J connectivity index is 2.54. The van der Waals surface area contributed by atoms with E-state index in [-0.39, 0.29) is 5.78 Å². The minimum Gasteiger partial charge on any atom is -0.496 e. The largest absolute Gasteiger partial charge is 0.496 e. The zero-order valence-electron chi connectivity index (χ0n) is 11.3. The third-order valence-corrected chi connectivity index (χ3v) is 3.41. The van der Waals surface area contributed by atoms with Gasteiger partial charge in [0.2, 0.25) is 0 Å². The Labute approximate surface area is 114 Å². The van der Waals surface area contributed by atoms with Gasteiger partial charge in [-0.3, -0.25) is 9.69 Å². The molecule has 0 N–H and O–H groups in total. The maximum absolute atomic E-state index is 12.1. The van der Waals surface area contributed by atoms with Crippen molar-refractivity contribution in [1.82, 2.24) is 4.90 Å². The second-order valence-electron chi connectivity index (χ2n) is 4.21. The summed E-state index contributed by atoms with van der Waals surface area (Å²) >= 11 is 1.83. The number of ketones is 1. The molecule has 0 aliphatic rings. The molecule has 0 aliphatic carbocycles. The Morgan fingerprint density at radius 2 is 2.11 bits per heavy atom. The zero-order chi connectivity index (χ0) is 13.4. The molecule has 0 radical (unpaired) electrons. The second-order valence-corrected chi connectivity index (χ2v) is 5.19. The number of para-hydroxylation sites is 1. The van der Waals surface area contributed by atoms with E-state index < -0.39 is 0 Å². The second kappa shape index (κ2) is 8.16. The minimum absolute atomic E-state index is 0.110. The lowest BCUT2D eigenvalue weighted by atomic mass is 10.1. The van der Waals surface area contributed by atoms with E-state index in [9.17, 15) is 4.79 Å². The lowest BCUT2D eigenvalue weighted by molar-refractivity contribution is 0.0943. The van der Waals surface area contributed by atoms with Crippen LogP contribution in [0.15, 0.2) is 24.3 Å². The fourth-order valence-electron chi connectivity index (χ4n) is 1.76. The summed E-state index contributed by atoms with van der Waals surface area (Å²) in [5.74, 6) is 1.90. The third-order valence-electron chi connectivity index (χ3n) is 2.71. The predicted octanol–water partition coefficient (Wildman–Crippen LogP) is 2.56. The molecule has 0 saturated heterocycles. The first-order chi connectivity index (χ1) is 8.69. The first-order valence-electron chi connectivity index (χ1n) is 6.02. The Hall–Kier alpha value is -1.00. The highest BCUT2D eigenvalue weighted by molar-refractivity contribution is 7.98. The van der Waals surface area contributed by atoms with Crippen LogP contribution in [0, 0.1) is 0 Å². The maximum Gasteiger partial charge on any atom is 0.180 e. The van der Waals surface area contributed by atoms with E-state index in [0.717, 1.165) is 18.7 Å². The van der Waals surface area contributed by atoms with Crippen molar-refractivity contribution in [3.8, 4) is 5.75 Å². The SMILES string of the molecule is COc1ccccc1C(=O)CN(C)CCCSC. The Bertz CT molecular complexity index is 382. The van der Waals surface area contributed by atoms with Crippen molar-refractivity contribution >= 4 is 17.5 Å². The minimum atomic E-state index is 0.110. The quantitative estimate of drug-likeness (QED) is 0.535. The van der Waals surface area contributed by atoms with Crippen LogP contribution in [0.5, 0.6) is 5.75 Å². The number of benzene rings is 1. The van der Waals surface area contributed by atoms with E-state index in [0.29, 0.717) is 17.9 Å². The summed E-state index contributed by atoms with van der Waals surface area (Å²) in [6.45, 7) is 1.39. The van der Waals surface area contributed by atoms with Gasteiger partial charge in [-0.1, -0.05) is 12.1 Å². The standard InChI is InChI=1S/C14H21NO2S/c1-15(9-6-10-18-3)11-13(16)12-7-4-5-8-14(12)17-2/h4-5,7-8H,6,9-11H2,1-3H3. The van der Waals surface area contributed by atoms with Gasteiger partial charge in [0.05, 0.1) is 19.2 Å². The van der Waals surface area contributed by atoms with Gasteiger partial charge in [0, 0.05) is 0 Å². The number of likely N-dealkylation sites (N-methyl/N-ethyl adjacent to an activating group) is 1. The first kappa shape index (κ1) is 15.1. The average Bonchev–Trinajstić information content (AvgIpc) is 2.39. The van der Waals surface area contributed by atoms with Gasteiger partial charge in [-0.15, -0.1) is 0 Å². The fraction of sp³-hybridized carbons (Fsp3) is 0.500. The lowest BCUT2D eigenvalue weighted by Crippen LogP contribution is -2.27. The highest BCUT2D eigenvalue weighted by Gasteiger charge is 2.13. The van der Waals surface area contributed by atoms with Crippen LogP contribution in [0.3, 0.4) is 0 Å². The summed E-state index contributed by atoms with van der Waals surface area (Å²) in [6, 6.07) is 7.37. The van der Waals surface area contributed by atoms with E-state index in [1.165, 1.54) is 0 Å². The van der Waals surface area contributed by atoms with Crippen molar-refractivity contribution in [3.63, 3.8) is 0 Å². The van der Waals surface area contributed by atoms with Crippen molar-refractivity contribution in [2.24, 2.45) is 0 Å². The molecule has 3 nitrogen and oxygen atoms in total. The molecule has 0 fully saturated rings. The normalized spacial score (nSPS) is 10.7. The van der Waals surface area contributed by atoms with Gasteiger partial charge < -0.3 is 4.74 Å². The smallest absolute Gasteiger partial charge is 0.180 e. The molecule has 0 aliphatic heterocycles. The Kier molecular flexibility index (Phi) is 6.83. The third kappa shape index (κ3) is 4.70. The summed E-state index contributed by atoms with van der Waals surface area (Å²) < 4.78 is 5.20. The van der Waals surface area contributed by atoms with Gasteiger partial charge in [-0.25, -0.2) is 0 Å². The highest BCUT2D eigenvalue weighted by atomic mass is 32.2. The van der Waals surface area contributed by atoms with Crippen molar-refractivity contribution in [3.05, 3.63) is 29.8 Å². The number of ether oxygens (including phenoxy) is 1. The molecule has 1 aromatic rings. The van der Waals surface area contributed by atoms with Gasteiger partial charge in [-0.2, -0.15) is 11.8 Å². The Morgan fingerprint density at radius 1 is 1.39 bits per heavy atom. The van der Waals surface area contributed by atoms with E-state index >= 15 is 0 Å². The van der Waals surface area contributed by atoms with E-state index in [1.807, 2.05) is 43.1 Å². The van der Waals surface area contributed by atoms with E-state index in [1.54, 1.807) is 7.11 Å². The van der Waals surface area contributed by atoms with Crippen LogP contribution in [0.25, 0.3) is 0 Å². The van der Waals surface area contributed by atoms with Crippen LogP contribution in [0.4, 0.5) is 0 Å². The number of thioether (sulfide) groups is 1. The number of hydrogen-bond acceptors (Lipinski definition) is 4. The van der Waals surface area contributed by atoms with Crippen LogP contribution < -0.4 is 4.74 Å². The summed E-state index contributed by atoms with van der Waals surface area (Å²) in [4.78, 5) is 14.2. The molecule has 0 unspecified atom stereocenters. The van der Waals surface area contributed by atoms with Crippen LogP contribution >= 0.6 is 11.8 Å². The molecular formula is C14H21NO2S. The topological polar surface area (TPSA) is 29.5 Å². The maximum atomic E-state index is 12.1. The molecule has 0 atom stereocenters. The van der Waals surface area contributed by atoms with Gasteiger partial charge in [0.15, 0.2) is 5.78 Å². The van der Waals surface area contributed by atoms with E-state index in [4.69, 9.17) is 4.74 Å². The molecule has 0 bridgehead atoms. The molecule has 18 heavy (non-hydrogen) atoms. The van der Waals surface area contributed by atoms with Crippen molar-refractivity contribution in [1.29, 1.82) is 0 Å². The number of carbonyl (C=O) groups is 1. The summed E-state index contributed by atoms with van der Waals surface area (Å²) in [7, 11) is 3.57. The van der Waals surface area contributed by atoms with Crippen LogP contribution in [0.1, 0.15) is 16.8 Å². The average molecular weight is 267 g/mol. The van der Waals surface area contributed by atoms with Crippen molar-refractivity contribution in [2.45, 2.75) is 6.42 Å². The van der Waals surface area contributed by atoms with Crippen LogP contribution in [-0.4, -0.2) is 49.9 Å². The summed E-state index contributed by atoms with van der Waals surface area (Å²) in [6.07, 6.45) is 3.21.